The zero-order valence-corrected chi connectivity index (χ0v) is 33.3. The standard InChI is InChI=1S/C41H50N6O10/c1-22(2)32(36(50)42-24(5)40(54)56-7)44-38(52)34(48)28-20-46(30-16-11-9-14-26(28)30)18-13-19-47-21-29(27-15-10-12-17-31(27)47)35(49)39(53)45-33(23(3)4)37(51)43-25(6)41(55)57-8/h9-12,14-17,20-25,32-33H,13,18-19H2,1-8H3,(H,42,50)(H,43,51)(H,44,52)(H,45,53)/t24-,25-,32-,33-/m0/s1. The Bertz CT molecular complexity index is 2030. The summed E-state index contributed by atoms with van der Waals surface area (Å²) in [4.78, 5) is 103. The summed E-state index contributed by atoms with van der Waals surface area (Å²) in [6, 6.07) is 10.1. The molecule has 2 aromatic heterocycles. The Hall–Kier alpha value is -6.32. The lowest BCUT2D eigenvalue weighted by atomic mass is 10.0. The number of ketones is 2. The molecule has 0 saturated heterocycles. The van der Waals surface area contributed by atoms with E-state index in [4.69, 9.17) is 0 Å². The molecule has 0 radical (unpaired) electrons. The number of carbonyl (C=O) groups is 8. The molecule has 4 amide bonds. The number of nitrogens with one attached hydrogen (secondary N) is 4. The summed E-state index contributed by atoms with van der Waals surface area (Å²) in [7, 11) is 2.39. The van der Waals surface area contributed by atoms with Crippen LogP contribution in [0.4, 0.5) is 0 Å². The van der Waals surface area contributed by atoms with E-state index in [2.05, 4.69) is 30.7 Å². The van der Waals surface area contributed by atoms with Crippen LogP contribution in [0.5, 0.6) is 0 Å². The summed E-state index contributed by atoms with van der Waals surface area (Å²) < 4.78 is 13.0. The van der Waals surface area contributed by atoms with Crippen LogP contribution < -0.4 is 21.3 Å². The van der Waals surface area contributed by atoms with Crippen LogP contribution in [0.15, 0.2) is 60.9 Å². The van der Waals surface area contributed by atoms with Crippen molar-refractivity contribution in [3.05, 3.63) is 72.1 Å². The SMILES string of the molecule is COC(=O)[C@H](C)NC(=O)[C@@H](NC(=O)C(=O)c1cn(CCCn2cc(C(=O)C(=O)N[C@H](C(=O)N[C@@H](C)C(=O)OC)C(C)C)c3ccccc32)c2ccccc12)C(C)C. The Labute approximate surface area is 330 Å². The Kier molecular flexibility index (Phi) is 14.5. The number of hydrogen-bond acceptors (Lipinski definition) is 10. The molecule has 4 N–H and O–H groups in total. The van der Waals surface area contributed by atoms with Crippen LogP contribution in [0, 0.1) is 11.8 Å². The first-order chi connectivity index (χ1) is 27.0. The number of fused-ring (bicyclic) bond motifs is 2. The number of amides is 4. The van der Waals surface area contributed by atoms with E-state index in [1.54, 1.807) is 64.4 Å². The zero-order valence-electron chi connectivity index (χ0n) is 33.3. The van der Waals surface area contributed by atoms with Crippen LogP contribution in [0.25, 0.3) is 21.8 Å². The number of para-hydroxylation sites is 2. The molecular formula is C41H50N6O10. The van der Waals surface area contributed by atoms with Crippen LogP contribution in [0.3, 0.4) is 0 Å². The first-order valence-corrected chi connectivity index (χ1v) is 18.6. The van der Waals surface area contributed by atoms with E-state index in [1.165, 1.54) is 28.1 Å². The highest BCUT2D eigenvalue weighted by Gasteiger charge is 2.32. The van der Waals surface area contributed by atoms with Crippen molar-refractivity contribution in [3.8, 4) is 0 Å². The fourth-order valence-electron chi connectivity index (χ4n) is 6.44. The molecule has 4 aromatic rings. The van der Waals surface area contributed by atoms with Gasteiger partial charge in [0.15, 0.2) is 0 Å². The molecule has 16 heteroatoms. The molecule has 2 aromatic carbocycles. The maximum Gasteiger partial charge on any atom is 0.328 e. The molecule has 0 spiro atoms. The second-order valence-corrected chi connectivity index (χ2v) is 14.4. The number of rotatable bonds is 18. The molecule has 0 aliphatic heterocycles. The van der Waals surface area contributed by atoms with E-state index >= 15 is 0 Å². The smallest absolute Gasteiger partial charge is 0.328 e. The number of nitrogens with zero attached hydrogens (tertiary/aromatic N) is 2. The topological polar surface area (TPSA) is 213 Å². The van der Waals surface area contributed by atoms with Gasteiger partial charge in [0, 0.05) is 47.3 Å². The number of ether oxygens (including phenoxy) is 2. The first-order valence-electron chi connectivity index (χ1n) is 18.6. The van der Waals surface area contributed by atoms with E-state index in [-0.39, 0.29) is 11.1 Å². The van der Waals surface area contributed by atoms with Crippen molar-refractivity contribution in [2.45, 2.75) is 85.2 Å². The van der Waals surface area contributed by atoms with E-state index in [1.807, 2.05) is 33.4 Å². The third-order valence-electron chi connectivity index (χ3n) is 9.58. The molecule has 0 aliphatic carbocycles. The predicted molar refractivity (Wildman–Crippen MR) is 210 cm³/mol. The highest BCUT2D eigenvalue weighted by molar-refractivity contribution is 6.46. The van der Waals surface area contributed by atoms with Gasteiger partial charge in [0.2, 0.25) is 11.8 Å². The van der Waals surface area contributed by atoms with Gasteiger partial charge in [-0.05, 0) is 44.2 Å². The average molecular weight is 787 g/mol. The fourth-order valence-corrected chi connectivity index (χ4v) is 6.44. The molecule has 16 nitrogen and oxygen atoms in total. The number of methoxy groups -OCH3 is 2. The molecule has 0 saturated carbocycles. The normalized spacial score (nSPS) is 13.4. The number of aromatic nitrogens is 2. The summed E-state index contributed by atoms with van der Waals surface area (Å²) in [5.74, 6) is -7.03. The average Bonchev–Trinajstić information content (AvgIpc) is 3.75. The highest BCUT2D eigenvalue weighted by Crippen LogP contribution is 2.25. The van der Waals surface area contributed by atoms with Crippen LogP contribution in [0.2, 0.25) is 0 Å². The van der Waals surface area contributed by atoms with Crippen molar-refractivity contribution < 1.29 is 47.8 Å². The van der Waals surface area contributed by atoms with Crippen molar-refractivity contribution >= 4 is 68.9 Å². The number of aryl methyl sites for hydroxylation is 2. The van der Waals surface area contributed by atoms with Crippen LogP contribution in [0.1, 0.15) is 68.7 Å². The fraction of sp³-hybridized carbons (Fsp3) is 0.415. The lowest BCUT2D eigenvalue weighted by Gasteiger charge is -2.23. The minimum Gasteiger partial charge on any atom is -0.467 e. The molecular weight excluding hydrogens is 736 g/mol. The van der Waals surface area contributed by atoms with E-state index in [9.17, 15) is 38.4 Å². The molecule has 4 atom stereocenters. The van der Waals surface area contributed by atoms with Crippen LogP contribution in [-0.4, -0.2) is 94.7 Å². The summed E-state index contributed by atoms with van der Waals surface area (Å²) in [5.41, 5.74) is 1.70. The second kappa shape index (κ2) is 19.0. The minimum absolute atomic E-state index is 0.146. The maximum atomic E-state index is 13.6. The van der Waals surface area contributed by atoms with Gasteiger partial charge < -0.3 is 39.9 Å². The van der Waals surface area contributed by atoms with Crippen molar-refractivity contribution in [1.82, 2.24) is 30.4 Å². The highest BCUT2D eigenvalue weighted by atomic mass is 16.5. The van der Waals surface area contributed by atoms with Crippen molar-refractivity contribution in [1.29, 1.82) is 0 Å². The number of hydrogen-bond donors (Lipinski definition) is 4. The third-order valence-corrected chi connectivity index (χ3v) is 9.58. The molecule has 4 rings (SSSR count). The Balaban J connectivity index is 1.50. The van der Waals surface area contributed by atoms with Crippen molar-refractivity contribution in [2.24, 2.45) is 11.8 Å². The largest absolute Gasteiger partial charge is 0.467 e. The van der Waals surface area contributed by atoms with Crippen molar-refractivity contribution in [2.75, 3.05) is 14.2 Å². The van der Waals surface area contributed by atoms with Crippen LogP contribution in [-0.2, 0) is 51.3 Å². The van der Waals surface area contributed by atoms with Gasteiger partial charge in [-0.25, -0.2) is 9.59 Å². The number of Topliss-reactive ketones (excluding diaryl/α,β-unsaturated/α-hetero) is 2. The minimum atomic E-state index is -1.10. The van der Waals surface area contributed by atoms with Gasteiger partial charge in [0.1, 0.15) is 24.2 Å². The van der Waals surface area contributed by atoms with Crippen LogP contribution >= 0.6 is 0 Å². The summed E-state index contributed by atoms with van der Waals surface area (Å²) in [6.45, 7) is 10.5. The van der Waals surface area contributed by atoms with Gasteiger partial charge in [-0.15, -0.1) is 0 Å². The zero-order chi connectivity index (χ0) is 42.1. The molecule has 2 heterocycles. The summed E-state index contributed by atoms with van der Waals surface area (Å²) >= 11 is 0. The Morgan fingerprint density at radius 3 is 1.23 bits per heavy atom. The lowest BCUT2D eigenvalue weighted by Crippen LogP contribution is -2.54. The molecule has 0 unspecified atom stereocenters. The number of carbonyl (C=O) groups excluding carboxylic acids is 8. The molecule has 0 fully saturated rings. The van der Waals surface area contributed by atoms with Gasteiger partial charge in [0.25, 0.3) is 23.4 Å². The van der Waals surface area contributed by atoms with E-state index in [0.717, 1.165) is 0 Å². The molecule has 57 heavy (non-hydrogen) atoms. The van der Waals surface area contributed by atoms with E-state index < -0.39 is 83.1 Å². The first kappa shape index (κ1) is 43.4. The van der Waals surface area contributed by atoms with Gasteiger partial charge in [-0.2, -0.15) is 0 Å². The molecule has 0 aliphatic rings. The Morgan fingerprint density at radius 2 is 0.895 bits per heavy atom. The number of benzene rings is 2. The molecule has 0 bridgehead atoms. The van der Waals surface area contributed by atoms with Crippen molar-refractivity contribution in [3.63, 3.8) is 0 Å². The second-order valence-electron chi connectivity index (χ2n) is 14.4. The summed E-state index contributed by atoms with van der Waals surface area (Å²) in [6.07, 6.45) is 3.70. The molecule has 304 valence electrons. The quantitative estimate of drug-likeness (QED) is 0.0658. The Morgan fingerprint density at radius 1 is 0.544 bits per heavy atom. The predicted octanol–water partition coefficient (Wildman–Crippen LogP) is 2.69. The van der Waals surface area contributed by atoms with Gasteiger partial charge in [-0.1, -0.05) is 64.1 Å². The maximum absolute atomic E-state index is 13.6. The lowest BCUT2D eigenvalue weighted by molar-refractivity contribution is -0.145. The number of esters is 2. The van der Waals surface area contributed by atoms with Gasteiger partial charge in [0.05, 0.1) is 25.3 Å². The van der Waals surface area contributed by atoms with Gasteiger partial charge in [-0.3, -0.25) is 28.8 Å². The third kappa shape index (κ3) is 10.1. The summed E-state index contributed by atoms with van der Waals surface area (Å²) in [5, 5.41) is 11.2. The van der Waals surface area contributed by atoms with E-state index in [0.29, 0.717) is 41.3 Å². The monoisotopic (exact) mass is 786 g/mol. The van der Waals surface area contributed by atoms with Gasteiger partial charge >= 0.3 is 11.9 Å².